The van der Waals surface area contributed by atoms with Gasteiger partial charge in [-0.25, -0.2) is 0 Å². The van der Waals surface area contributed by atoms with Crippen LogP contribution in [-0.2, 0) is 28.6 Å². The Bertz CT molecular complexity index is 1560. The van der Waals surface area contributed by atoms with Gasteiger partial charge in [0, 0.05) is 19.3 Å². The lowest BCUT2D eigenvalue weighted by Gasteiger charge is -2.18. The fourth-order valence-electron chi connectivity index (χ4n) is 7.49. The standard InChI is InChI=1S/C66H106O6/c1-4-7-10-13-16-19-22-25-27-29-30-31-32-33-34-35-36-37-39-41-44-47-50-53-56-59-65(68)71-62-63(61-70-64(67)58-55-52-49-46-43-40-24-21-18-15-12-9-6-3)72-66(69)60-57-54-51-48-45-42-38-28-26-23-20-17-14-11-8-5-2/h7,10,12,15-16,19-21,23-25,27-28,30-31,33-34,36-38,41,44,63H,4-6,8-9,11,13-14,17-18,22,26,29,32,35,39-40,42-43,45-62H2,1-3H3/b10-7-,15-12-,19-16-,23-20-,24-21-,27-25-,31-30-,34-33-,37-36-,38-28-,44-41-. The predicted molar refractivity (Wildman–Crippen MR) is 311 cm³/mol. The summed E-state index contributed by atoms with van der Waals surface area (Å²) in [7, 11) is 0. The predicted octanol–water partition coefficient (Wildman–Crippen LogP) is 19.8. The minimum atomic E-state index is -0.811. The Morgan fingerprint density at radius 3 is 0.917 bits per heavy atom. The summed E-state index contributed by atoms with van der Waals surface area (Å²) in [5.41, 5.74) is 0. The Hall–Kier alpha value is -4.45. The molecule has 0 saturated carbocycles. The van der Waals surface area contributed by atoms with Gasteiger partial charge in [0.05, 0.1) is 0 Å². The molecule has 6 heteroatoms. The molecule has 0 radical (unpaired) electrons. The third kappa shape index (κ3) is 56.5. The first-order chi connectivity index (χ1) is 35.5. The lowest BCUT2D eigenvalue weighted by atomic mass is 10.1. The van der Waals surface area contributed by atoms with Gasteiger partial charge in [-0.1, -0.05) is 225 Å². The molecule has 0 aliphatic rings. The zero-order valence-electron chi connectivity index (χ0n) is 46.4. The lowest BCUT2D eigenvalue weighted by molar-refractivity contribution is -0.167. The topological polar surface area (TPSA) is 78.9 Å². The van der Waals surface area contributed by atoms with Crippen LogP contribution in [0.1, 0.15) is 245 Å². The number of esters is 3. The summed E-state index contributed by atoms with van der Waals surface area (Å²) in [6.07, 6.45) is 83.0. The number of ether oxygens (including phenoxy) is 3. The summed E-state index contributed by atoms with van der Waals surface area (Å²) >= 11 is 0. The van der Waals surface area contributed by atoms with Crippen molar-refractivity contribution >= 4 is 17.9 Å². The molecule has 72 heavy (non-hydrogen) atoms. The van der Waals surface area contributed by atoms with Gasteiger partial charge in [0.1, 0.15) is 13.2 Å². The Kier molecular flexibility index (Phi) is 55.5. The monoisotopic (exact) mass is 995 g/mol. The maximum Gasteiger partial charge on any atom is 0.306 e. The molecule has 0 aliphatic heterocycles. The van der Waals surface area contributed by atoms with E-state index < -0.39 is 6.10 Å². The van der Waals surface area contributed by atoms with Crippen molar-refractivity contribution in [3.05, 3.63) is 134 Å². The van der Waals surface area contributed by atoms with Crippen LogP contribution in [0.15, 0.2) is 134 Å². The Balaban J connectivity index is 4.47. The van der Waals surface area contributed by atoms with E-state index in [-0.39, 0.29) is 31.1 Å². The Labute approximate surface area is 443 Å². The van der Waals surface area contributed by atoms with E-state index >= 15 is 0 Å². The zero-order chi connectivity index (χ0) is 52.2. The van der Waals surface area contributed by atoms with E-state index in [0.717, 1.165) is 167 Å². The molecule has 0 heterocycles. The summed E-state index contributed by atoms with van der Waals surface area (Å²) in [5, 5.41) is 0. The molecule has 0 spiro atoms. The molecule has 0 N–H and O–H groups in total. The number of unbranched alkanes of at least 4 members (excludes halogenated alkanes) is 18. The largest absolute Gasteiger partial charge is 0.462 e. The molecule has 0 bridgehead atoms. The first kappa shape index (κ1) is 67.5. The van der Waals surface area contributed by atoms with Crippen LogP contribution < -0.4 is 0 Å². The molecule has 0 saturated heterocycles. The van der Waals surface area contributed by atoms with Crippen molar-refractivity contribution in [2.45, 2.75) is 252 Å². The quantitative estimate of drug-likeness (QED) is 0.0261. The van der Waals surface area contributed by atoms with Crippen LogP contribution in [0, 0.1) is 0 Å². The van der Waals surface area contributed by atoms with Gasteiger partial charge in [0.25, 0.3) is 0 Å². The minimum absolute atomic E-state index is 0.106. The SMILES string of the molecule is CC/C=C\C/C=C\C/C=C\C/C=C\C/C=C\C/C=C\C/C=C\CCCCCC(=O)OCC(COC(=O)CCCCCCC/C=C\C/C=C\CCC)OC(=O)CCCCCCC/C=C\C/C=C\CCCCCC. The smallest absolute Gasteiger partial charge is 0.306 e. The van der Waals surface area contributed by atoms with Gasteiger partial charge in [-0.15, -0.1) is 0 Å². The first-order valence-electron chi connectivity index (χ1n) is 29.2. The second-order valence-corrected chi connectivity index (χ2v) is 18.8. The minimum Gasteiger partial charge on any atom is -0.462 e. The molecular weight excluding hydrogens is 889 g/mol. The maximum atomic E-state index is 12.9. The second-order valence-electron chi connectivity index (χ2n) is 18.8. The lowest BCUT2D eigenvalue weighted by Crippen LogP contribution is -2.30. The van der Waals surface area contributed by atoms with Crippen molar-refractivity contribution in [2.75, 3.05) is 13.2 Å². The summed E-state index contributed by atoms with van der Waals surface area (Å²) in [5.74, 6) is -0.971. The number of carbonyl (C=O) groups is 3. The third-order valence-corrected chi connectivity index (χ3v) is 11.8. The average molecular weight is 996 g/mol. The number of carbonyl (C=O) groups excluding carboxylic acids is 3. The van der Waals surface area contributed by atoms with E-state index in [1.54, 1.807) is 0 Å². The van der Waals surface area contributed by atoms with Gasteiger partial charge < -0.3 is 14.2 Å². The molecule has 0 amide bonds. The van der Waals surface area contributed by atoms with Crippen molar-refractivity contribution < 1.29 is 28.6 Å². The molecule has 1 atom stereocenters. The van der Waals surface area contributed by atoms with Gasteiger partial charge in [-0.2, -0.15) is 0 Å². The van der Waals surface area contributed by atoms with Crippen molar-refractivity contribution in [2.24, 2.45) is 0 Å². The van der Waals surface area contributed by atoms with Crippen molar-refractivity contribution in [1.82, 2.24) is 0 Å². The van der Waals surface area contributed by atoms with Crippen LogP contribution in [-0.4, -0.2) is 37.2 Å². The van der Waals surface area contributed by atoms with Crippen LogP contribution in [0.2, 0.25) is 0 Å². The molecule has 406 valence electrons. The van der Waals surface area contributed by atoms with Gasteiger partial charge in [0.2, 0.25) is 0 Å². The first-order valence-corrected chi connectivity index (χ1v) is 29.2. The Morgan fingerprint density at radius 2 is 0.569 bits per heavy atom. The van der Waals surface area contributed by atoms with E-state index in [9.17, 15) is 14.4 Å². The summed E-state index contributed by atoms with van der Waals surface area (Å²) in [6, 6.07) is 0. The molecule has 0 aromatic rings. The fourth-order valence-corrected chi connectivity index (χ4v) is 7.49. The highest BCUT2D eigenvalue weighted by Gasteiger charge is 2.19. The summed E-state index contributed by atoms with van der Waals surface area (Å²) in [4.78, 5) is 38.2. The van der Waals surface area contributed by atoms with E-state index in [0.29, 0.717) is 19.3 Å². The summed E-state index contributed by atoms with van der Waals surface area (Å²) in [6.45, 7) is 6.38. The molecule has 0 rings (SSSR count). The van der Waals surface area contributed by atoms with Crippen LogP contribution in [0.4, 0.5) is 0 Å². The maximum absolute atomic E-state index is 12.9. The van der Waals surface area contributed by atoms with Gasteiger partial charge >= 0.3 is 17.9 Å². The van der Waals surface area contributed by atoms with Crippen LogP contribution in [0.3, 0.4) is 0 Å². The molecule has 0 aromatic heterocycles. The van der Waals surface area contributed by atoms with Crippen molar-refractivity contribution in [3.63, 3.8) is 0 Å². The van der Waals surface area contributed by atoms with Gasteiger partial charge in [-0.05, 0) is 135 Å². The van der Waals surface area contributed by atoms with Gasteiger partial charge in [-0.3, -0.25) is 14.4 Å². The van der Waals surface area contributed by atoms with E-state index in [4.69, 9.17) is 14.2 Å². The Morgan fingerprint density at radius 1 is 0.292 bits per heavy atom. The third-order valence-electron chi connectivity index (χ3n) is 11.8. The average Bonchev–Trinajstić information content (AvgIpc) is 3.38. The number of hydrogen-bond donors (Lipinski definition) is 0. The number of hydrogen-bond acceptors (Lipinski definition) is 6. The normalized spacial score (nSPS) is 13.1. The van der Waals surface area contributed by atoms with Crippen molar-refractivity contribution in [1.29, 1.82) is 0 Å². The van der Waals surface area contributed by atoms with Crippen LogP contribution >= 0.6 is 0 Å². The zero-order valence-corrected chi connectivity index (χ0v) is 46.4. The molecule has 0 aliphatic carbocycles. The second kappa shape index (κ2) is 59.1. The van der Waals surface area contributed by atoms with Crippen LogP contribution in [0.25, 0.3) is 0 Å². The molecule has 0 fully saturated rings. The number of allylic oxidation sites excluding steroid dienone is 22. The number of rotatable bonds is 51. The molecule has 1 unspecified atom stereocenters. The van der Waals surface area contributed by atoms with Crippen molar-refractivity contribution in [3.8, 4) is 0 Å². The highest BCUT2D eigenvalue weighted by molar-refractivity contribution is 5.71. The summed E-state index contributed by atoms with van der Waals surface area (Å²) < 4.78 is 16.8. The molecule has 0 aromatic carbocycles. The highest BCUT2D eigenvalue weighted by Crippen LogP contribution is 2.13. The highest BCUT2D eigenvalue weighted by atomic mass is 16.6. The fraction of sp³-hybridized carbons (Fsp3) is 0.621. The van der Waals surface area contributed by atoms with E-state index in [2.05, 4.69) is 154 Å². The molecule has 6 nitrogen and oxygen atoms in total. The molecular formula is C66H106O6. The van der Waals surface area contributed by atoms with E-state index in [1.807, 2.05) is 0 Å². The van der Waals surface area contributed by atoms with Crippen LogP contribution in [0.5, 0.6) is 0 Å². The van der Waals surface area contributed by atoms with E-state index in [1.165, 1.54) is 38.5 Å². The van der Waals surface area contributed by atoms with Gasteiger partial charge in [0.15, 0.2) is 6.10 Å².